The number of rotatable bonds is 6. The first kappa shape index (κ1) is 20.8. The van der Waals surface area contributed by atoms with Gasteiger partial charge in [-0.3, -0.25) is 9.59 Å². The van der Waals surface area contributed by atoms with Crippen LogP contribution in [0.4, 0.5) is 5.00 Å². The monoisotopic (exact) mass is 415 g/mol. The fraction of sp³-hybridized carbons (Fsp3) is 0.400. The van der Waals surface area contributed by atoms with Gasteiger partial charge in [-0.15, -0.1) is 16.4 Å². The molecule has 0 radical (unpaired) electrons. The van der Waals surface area contributed by atoms with E-state index in [9.17, 15) is 9.59 Å². The zero-order valence-corrected chi connectivity index (χ0v) is 18.3. The van der Waals surface area contributed by atoms with Crippen molar-refractivity contribution in [2.45, 2.75) is 40.5 Å². The van der Waals surface area contributed by atoms with Gasteiger partial charge in [0.2, 0.25) is 11.8 Å². The standard InChI is InChI=1S/C20H25N5O3S/c1-9-12(4)29-20(15(9)17(21)27)23-14(26)8-7-13-10(2)16-18(22-11(13)3)25(5)24-19(16)28-6/h7-8H2,1-6H3,(H2,21,27)(H,23,26). The van der Waals surface area contributed by atoms with Gasteiger partial charge in [0, 0.05) is 24.0 Å². The fourth-order valence-corrected chi connectivity index (χ4v) is 4.63. The summed E-state index contributed by atoms with van der Waals surface area (Å²) in [6.45, 7) is 7.65. The number of hydrogen-bond donors (Lipinski definition) is 2. The molecule has 0 bridgehead atoms. The molecular formula is C20H25N5O3S. The smallest absolute Gasteiger partial charge is 0.251 e. The molecule has 3 aromatic heterocycles. The lowest BCUT2D eigenvalue weighted by Gasteiger charge is -2.11. The number of nitrogens with one attached hydrogen (secondary N) is 1. The number of amides is 2. The predicted octanol–water partition coefficient (Wildman–Crippen LogP) is 2.94. The van der Waals surface area contributed by atoms with Gasteiger partial charge in [-0.1, -0.05) is 0 Å². The Morgan fingerprint density at radius 2 is 1.90 bits per heavy atom. The summed E-state index contributed by atoms with van der Waals surface area (Å²) in [5.74, 6) is -0.188. The third-order valence-corrected chi connectivity index (χ3v) is 6.33. The highest BCUT2D eigenvalue weighted by atomic mass is 32.1. The van der Waals surface area contributed by atoms with Crippen molar-refractivity contribution >= 4 is 39.2 Å². The number of hydrogen-bond acceptors (Lipinski definition) is 6. The van der Waals surface area contributed by atoms with Gasteiger partial charge in [0.05, 0.1) is 18.1 Å². The van der Waals surface area contributed by atoms with Crippen LogP contribution in [0.25, 0.3) is 11.0 Å². The van der Waals surface area contributed by atoms with E-state index in [4.69, 9.17) is 10.5 Å². The highest BCUT2D eigenvalue weighted by Crippen LogP contribution is 2.33. The number of pyridine rings is 1. The van der Waals surface area contributed by atoms with Crippen LogP contribution in [-0.2, 0) is 18.3 Å². The Kier molecular flexibility index (Phi) is 5.61. The van der Waals surface area contributed by atoms with Crippen LogP contribution in [0.15, 0.2) is 0 Å². The quantitative estimate of drug-likeness (QED) is 0.643. The maximum atomic E-state index is 12.6. The van der Waals surface area contributed by atoms with Crippen LogP contribution in [-0.4, -0.2) is 33.7 Å². The van der Waals surface area contributed by atoms with Crippen molar-refractivity contribution in [3.63, 3.8) is 0 Å². The van der Waals surface area contributed by atoms with E-state index in [1.54, 1.807) is 11.8 Å². The largest absolute Gasteiger partial charge is 0.479 e. The molecule has 0 aromatic carbocycles. The van der Waals surface area contributed by atoms with Gasteiger partial charge in [-0.25, -0.2) is 9.67 Å². The second-order valence-electron chi connectivity index (χ2n) is 7.03. The lowest BCUT2D eigenvalue weighted by atomic mass is 10.00. The molecule has 2 amide bonds. The summed E-state index contributed by atoms with van der Waals surface area (Å²) in [6, 6.07) is 0. The number of carbonyl (C=O) groups is 2. The molecule has 0 saturated carbocycles. The van der Waals surface area contributed by atoms with Gasteiger partial charge in [0.15, 0.2) is 5.65 Å². The van der Waals surface area contributed by atoms with Crippen LogP contribution in [0.3, 0.4) is 0 Å². The number of anilines is 1. The number of nitrogens with zero attached hydrogens (tertiary/aromatic N) is 3. The summed E-state index contributed by atoms with van der Waals surface area (Å²) in [5, 5.41) is 8.56. The van der Waals surface area contributed by atoms with Crippen molar-refractivity contribution in [2.75, 3.05) is 12.4 Å². The molecule has 0 unspecified atom stereocenters. The van der Waals surface area contributed by atoms with Crippen molar-refractivity contribution in [1.29, 1.82) is 0 Å². The number of methoxy groups -OCH3 is 1. The zero-order chi connectivity index (χ0) is 21.5. The molecule has 3 rings (SSSR count). The summed E-state index contributed by atoms with van der Waals surface area (Å²) < 4.78 is 7.08. The van der Waals surface area contributed by atoms with Crippen molar-refractivity contribution in [1.82, 2.24) is 14.8 Å². The van der Waals surface area contributed by atoms with E-state index < -0.39 is 5.91 Å². The molecule has 0 atom stereocenters. The average Bonchev–Trinajstić information content (AvgIpc) is 3.11. The van der Waals surface area contributed by atoms with Crippen LogP contribution in [0.5, 0.6) is 5.88 Å². The van der Waals surface area contributed by atoms with Crippen molar-refractivity contribution in [2.24, 2.45) is 12.8 Å². The maximum absolute atomic E-state index is 12.6. The molecule has 3 aromatic rings. The molecule has 0 saturated heterocycles. The molecule has 9 heteroatoms. The summed E-state index contributed by atoms with van der Waals surface area (Å²) in [6.07, 6.45) is 0.769. The minimum atomic E-state index is -0.535. The summed E-state index contributed by atoms with van der Waals surface area (Å²) in [5.41, 5.74) is 10.3. The number of aryl methyl sites for hydroxylation is 4. The van der Waals surface area contributed by atoms with Gasteiger partial charge < -0.3 is 15.8 Å². The fourth-order valence-electron chi connectivity index (χ4n) is 3.55. The van der Waals surface area contributed by atoms with Gasteiger partial charge in [0.25, 0.3) is 5.91 Å². The Hall–Kier alpha value is -2.94. The second kappa shape index (κ2) is 7.82. The average molecular weight is 416 g/mol. The summed E-state index contributed by atoms with van der Waals surface area (Å²) >= 11 is 1.36. The topological polar surface area (TPSA) is 112 Å². The summed E-state index contributed by atoms with van der Waals surface area (Å²) in [4.78, 5) is 29.9. The van der Waals surface area contributed by atoms with E-state index >= 15 is 0 Å². The Morgan fingerprint density at radius 1 is 1.21 bits per heavy atom. The highest BCUT2D eigenvalue weighted by molar-refractivity contribution is 7.16. The molecule has 0 spiro atoms. The van der Waals surface area contributed by atoms with E-state index in [1.165, 1.54) is 11.3 Å². The number of fused-ring (bicyclic) bond motifs is 1. The third kappa shape index (κ3) is 3.69. The van der Waals surface area contributed by atoms with Crippen LogP contribution in [0.1, 0.15) is 44.0 Å². The van der Waals surface area contributed by atoms with Gasteiger partial charge >= 0.3 is 0 Å². The normalized spacial score (nSPS) is 11.1. The lowest BCUT2D eigenvalue weighted by Crippen LogP contribution is -2.18. The molecule has 154 valence electrons. The van der Waals surface area contributed by atoms with Crippen LogP contribution < -0.4 is 15.8 Å². The number of ether oxygens (including phenoxy) is 1. The van der Waals surface area contributed by atoms with E-state index in [0.717, 1.165) is 38.3 Å². The Morgan fingerprint density at radius 3 is 2.52 bits per heavy atom. The van der Waals surface area contributed by atoms with Gasteiger partial charge in [-0.2, -0.15) is 0 Å². The molecule has 3 heterocycles. The predicted molar refractivity (Wildman–Crippen MR) is 114 cm³/mol. The molecule has 8 nitrogen and oxygen atoms in total. The second-order valence-corrected chi connectivity index (χ2v) is 8.26. The van der Waals surface area contributed by atoms with E-state index in [-0.39, 0.29) is 12.3 Å². The molecule has 29 heavy (non-hydrogen) atoms. The van der Waals surface area contributed by atoms with Crippen molar-refractivity contribution in [3.8, 4) is 5.88 Å². The molecule has 0 aliphatic carbocycles. The van der Waals surface area contributed by atoms with Crippen LogP contribution in [0, 0.1) is 27.7 Å². The molecule has 0 fully saturated rings. The zero-order valence-electron chi connectivity index (χ0n) is 17.5. The number of aromatic nitrogens is 3. The first-order chi connectivity index (χ1) is 13.6. The lowest BCUT2D eigenvalue weighted by molar-refractivity contribution is -0.116. The Balaban J connectivity index is 1.83. The van der Waals surface area contributed by atoms with E-state index in [0.29, 0.717) is 22.9 Å². The van der Waals surface area contributed by atoms with E-state index in [1.807, 2.05) is 34.7 Å². The van der Waals surface area contributed by atoms with Crippen molar-refractivity contribution < 1.29 is 14.3 Å². The SMILES string of the molecule is COc1nn(C)c2nc(C)c(CCC(=O)Nc3sc(C)c(C)c3C(N)=O)c(C)c12. The molecule has 0 aliphatic heterocycles. The van der Waals surface area contributed by atoms with Crippen LogP contribution in [0.2, 0.25) is 0 Å². The third-order valence-electron chi connectivity index (χ3n) is 5.20. The molecular weight excluding hydrogens is 390 g/mol. The number of nitrogens with two attached hydrogens (primary N) is 1. The van der Waals surface area contributed by atoms with Crippen molar-refractivity contribution in [3.05, 3.63) is 32.8 Å². The Labute approximate surface area is 173 Å². The first-order valence-electron chi connectivity index (χ1n) is 9.22. The van der Waals surface area contributed by atoms with E-state index in [2.05, 4.69) is 15.4 Å². The maximum Gasteiger partial charge on any atom is 0.251 e. The minimum absolute atomic E-state index is 0.175. The molecule has 3 N–H and O–H groups in total. The van der Waals surface area contributed by atoms with Gasteiger partial charge in [-0.05, 0) is 50.8 Å². The van der Waals surface area contributed by atoms with Gasteiger partial charge in [0.1, 0.15) is 5.00 Å². The Bertz CT molecular complexity index is 1130. The first-order valence-corrected chi connectivity index (χ1v) is 10.0. The van der Waals surface area contributed by atoms with Crippen LogP contribution >= 0.6 is 11.3 Å². The number of thiophene rings is 1. The number of carbonyl (C=O) groups excluding carboxylic acids is 2. The number of primary amides is 1. The molecule has 0 aliphatic rings. The summed E-state index contributed by atoms with van der Waals surface area (Å²) in [7, 11) is 3.40. The highest BCUT2D eigenvalue weighted by Gasteiger charge is 2.21. The minimum Gasteiger partial charge on any atom is -0.479 e.